The lowest BCUT2D eigenvalue weighted by Crippen LogP contribution is -2.39. The molecule has 8 heteroatoms. The number of methoxy groups -OCH3 is 1. The lowest BCUT2D eigenvalue weighted by Gasteiger charge is -2.38. The van der Waals surface area contributed by atoms with Crippen molar-refractivity contribution in [1.29, 1.82) is 0 Å². The monoisotopic (exact) mass is 477 g/mol. The van der Waals surface area contributed by atoms with E-state index in [1.165, 1.54) is 13.2 Å². The Hall–Kier alpha value is -2.67. The Kier molecular flexibility index (Phi) is 6.88. The van der Waals surface area contributed by atoms with Gasteiger partial charge in [0.2, 0.25) is 0 Å². The number of nitrogens with zero attached hydrogens (tertiary/aromatic N) is 1. The molecule has 0 radical (unpaired) electrons. The molecule has 1 aliphatic carbocycles. The predicted molar refractivity (Wildman–Crippen MR) is 121 cm³/mol. The van der Waals surface area contributed by atoms with Crippen molar-refractivity contribution >= 4 is 29.5 Å². The normalized spacial score (nSPS) is 22.0. The van der Waals surface area contributed by atoms with Crippen LogP contribution in [0.3, 0.4) is 0 Å². The van der Waals surface area contributed by atoms with Crippen LogP contribution in [0, 0.1) is 11.8 Å². The zero-order valence-electron chi connectivity index (χ0n) is 18.4. The molecule has 4 rings (SSSR count). The van der Waals surface area contributed by atoms with Gasteiger partial charge in [-0.05, 0) is 61.1 Å². The number of esters is 1. The molecule has 0 aromatic heterocycles. The number of fused-ring (bicyclic) bond motifs is 2. The van der Waals surface area contributed by atoms with E-state index in [9.17, 15) is 9.59 Å². The summed E-state index contributed by atoms with van der Waals surface area (Å²) in [4.78, 5) is 25.5. The fourth-order valence-electron chi connectivity index (χ4n) is 4.52. The zero-order chi connectivity index (χ0) is 23.6. The number of carbonyl (C=O) groups excluding carboxylic acids is 2. The molecule has 1 saturated carbocycles. The second-order valence-corrected chi connectivity index (χ2v) is 9.09. The third-order valence-corrected chi connectivity index (χ3v) is 6.83. The van der Waals surface area contributed by atoms with E-state index in [1.54, 1.807) is 30.3 Å². The molecule has 176 valence electrons. The van der Waals surface area contributed by atoms with Gasteiger partial charge in [-0.3, -0.25) is 0 Å². The van der Waals surface area contributed by atoms with Gasteiger partial charge >= 0.3 is 5.97 Å². The van der Waals surface area contributed by atoms with E-state index < -0.39 is 11.9 Å². The Bertz CT molecular complexity index is 1050. The lowest BCUT2D eigenvalue weighted by molar-refractivity contribution is -0.115. The number of alkyl halides is 2. The molecule has 1 heterocycles. The maximum atomic E-state index is 15.2. The molecule has 0 spiro atoms. The fourth-order valence-corrected chi connectivity index (χ4v) is 4.69. The summed E-state index contributed by atoms with van der Waals surface area (Å²) in [6.07, 6.45) is 2.55. The summed E-state index contributed by atoms with van der Waals surface area (Å²) in [5.74, 6) is -2.98. The van der Waals surface area contributed by atoms with Crippen LogP contribution in [0.4, 0.5) is 14.5 Å². The van der Waals surface area contributed by atoms with Crippen LogP contribution in [0.1, 0.15) is 47.2 Å². The highest BCUT2D eigenvalue weighted by atomic mass is 35.5. The molecule has 1 aliphatic heterocycles. The van der Waals surface area contributed by atoms with Gasteiger partial charge in [-0.2, -0.15) is 0 Å². The Labute approximate surface area is 196 Å². The van der Waals surface area contributed by atoms with E-state index in [0.717, 1.165) is 19.1 Å². The first-order valence-electron chi connectivity index (χ1n) is 11.0. The zero-order valence-corrected chi connectivity index (χ0v) is 19.1. The summed E-state index contributed by atoms with van der Waals surface area (Å²) in [5.41, 5.74) is 1.21. The first-order valence-corrected chi connectivity index (χ1v) is 11.4. The highest BCUT2D eigenvalue weighted by Crippen LogP contribution is 2.41. The molecule has 33 heavy (non-hydrogen) atoms. The van der Waals surface area contributed by atoms with Gasteiger partial charge in [-0.25, -0.2) is 13.6 Å². The van der Waals surface area contributed by atoms with Crippen LogP contribution in [0.25, 0.3) is 0 Å². The number of aldehydes is 1. The molecular formula is C25H26ClF2NO4. The smallest absolute Gasteiger partial charge is 0.337 e. The molecule has 2 aromatic carbocycles. The Morgan fingerprint density at radius 1 is 1.27 bits per heavy atom. The molecule has 0 saturated heterocycles. The van der Waals surface area contributed by atoms with Crippen molar-refractivity contribution in [3.8, 4) is 5.75 Å². The van der Waals surface area contributed by atoms with Crippen molar-refractivity contribution in [2.75, 3.05) is 25.1 Å². The number of anilines is 1. The van der Waals surface area contributed by atoms with Gasteiger partial charge in [0, 0.05) is 36.0 Å². The van der Waals surface area contributed by atoms with Gasteiger partial charge in [0.05, 0.1) is 18.4 Å². The van der Waals surface area contributed by atoms with Crippen LogP contribution in [-0.4, -0.2) is 32.5 Å². The van der Waals surface area contributed by atoms with Crippen molar-refractivity contribution in [2.45, 2.75) is 38.2 Å². The number of benzene rings is 2. The van der Waals surface area contributed by atoms with Crippen LogP contribution in [0.5, 0.6) is 5.75 Å². The molecule has 5 nitrogen and oxygen atoms in total. The third kappa shape index (κ3) is 4.98. The predicted octanol–water partition coefficient (Wildman–Crippen LogP) is 5.62. The summed E-state index contributed by atoms with van der Waals surface area (Å²) < 4.78 is 41.2. The molecule has 1 fully saturated rings. The van der Waals surface area contributed by atoms with Gasteiger partial charge in [-0.1, -0.05) is 17.7 Å². The second-order valence-electron chi connectivity index (χ2n) is 8.66. The van der Waals surface area contributed by atoms with Crippen molar-refractivity contribution in [2.24, 2.45) is 11.8 Å². The highest BCUT2D eigenvalue weighted by molar-refractivity contribution is 6.30. The third-order valence-electron chi connectivity index (χ3n) is 6.59. The standard InChI is InChI=1S/C25H26ClF2NO4/c1-32-24(31)16-6-8-23-22(11-16)29(13-17-3-4-18(17)14-30)10-2-9-25(27,28)21-12-20(26)7-5-19(21)15-33-23/h5-8,11-12,14,17-18H,2-4,9-10,13,15H2,1H3/t17-,18-/m0/s1. The molecule has 2 aliphatic rings. The van der Waals surface area contributed by atoms with Gasteiger partial charge in [0.1, 0.15) is 18.6 Å². The van der Waals surface area contributed by atoms with Crippen molar-refractivity contribution in [1.82, 2.24) is 0 Å². The topological polar surface area (TPSA) is 55.8 Å². The van der Waals surface area contributed by atoms with Crippen molar-refractivity contribution < 1.29 is 27.8 Å². The minimum Gasteiger partial charge on any atom is -0.487 e. The van der Waals surface area contributed by atoms with E-state index >= 15 is 8.78 Å². The van der Waals surface area contributed by atoms with Gasteiger partial charge in [-0.15, -0.1) is 0 Å². The number of carbonyl (C=O) groups is 2. The van der Waals surface area contributed by atoms with Crippen LogP contribution >= 0.6 is 11.6 Å². The Morgan fingerprint density at radius 3 is 2.79 bits per heavy atom. The summed E-state index contributed by atoms with van der Waals surface area (Å²) >= 11 is 6.02. The first-order chi connectivity index (χ1) is 15.8. The highest BCUT2D eigenvalue weighted by Gasteiger charge is 2.36. The van der Waals surface area contributed by atoms with Gasteiger partial charge < -0.3 is 19.2 Å². The molecule has 0 unspecified atom stereocenters. The molecule has 0 amide bonds. The molecule has 2 atom stereocenters. The van der Waals surface area contributed by atoms with Crippen molar-refractivity contribution in [3.05, 3.63) is 58.1 Å². The summed E-state index contributed by atoms with van der Waals surface area (Å²) in [5, 5.41) is 0.248. The SMILES string of the molecule is COC(=O)c1ccc2c(c1)N(C[C@@H]1CC[C@H]1C=O)CCCC(F)(F)c1cc(Cl)ccc1CO2. The van der Waals surface area contributed by atoms with E-state index in [0.29, 0.717) is 35.7 Å². The summed E-state index contributed by atoms with van der Waals surface area (Å²) in [6.45, 7) is 0.782. The van der Waals surface area contributed by atoms with Crippen LogP contribution < -0.4 is 9.64 Å². The van der Waals surface area contributed by atoms with E-state index in [-0.39, 0.29) is 41.9 Å². The van der Waals surface area contributed by atoms with E-state index in [4.69, 9.17) is 21.1 Å². The number of halogens is 3. The maximum Gasteiger partial charge on any atom is 0.337 e. The molecule has 0 bridgehead atoms. The molecule has 0 N–H and O–H groups in total. The summed E-state index contributed by atoms with van der Waals surface area (Å²) in [7, 11) is 1.31. The number of hydrogen-bond acceptors (Lipinski definition) is 5. The van der Waals surface area contributed by atoms with Crippen LogP contribution in [0.15, 0.2) is 36.4 Å². The quantitative estimate of drug-likeness (QED) is 0.422. The fraction of sp³-hybridized carbons (Fsp3) is 0.440. The second kappa shape index (κ2) is 9.67. The van der Waals surface area contributed by atoms with Crippen LogP contribution in [-0.2, 0) is 22.1 Å². The Morgan fingerprint density at radius 2 is 2.09 bits per heavy atom. The van der Waals surface area contributed by atoms with Gasteiger partial charge in [0.15, 0.2) is 0 Å². The molecule has 2 aromatic rings. The summed E-state index contributed by atoms with van der Waals surface area (Å²) in [6, 6.07) is 9.38. The first kappa shape index (κ1) is 23.5. The lowest BCUT2D eigenvalue weighted by atomic mass is 9.74. The van der Waals surface area contributed by atoms with Gasteiger partial charge in [0.25, 0.3) is 5.92 Å². The van der Waals surface area contributed by atoms with E-state index in [1.807, 2.05) is 4.90 Å². The van der Waals surface area contributed by atoms with E-state index in [2.05, 4.69) is 0 Å². The minimum atomic E-state index is -3.06. The average molecular weight is 478 g/mol. The van der Waals surface area contributed by atoms with Crippen LogP contribution in [0.2, 0.25) is 5.02 Å². The number of hydrogen-bond donors (Lipinski definition) is 0. The average Bonchev–Trinajstić information content (AvgIpc) is 2.80. The van der Waals surface area contributed by atoms with Crippen molar-refractivity contribution in [3.63, 3.8) is 0 Å². The number of ether oxygens (including phenoxy) is 2. The molecular weight excluding hydrogens is 452 g/mol. The minimum absolute atomic E-state index is 0.0378. The maximum absolute atomic E-state index is 15.2. The number of rotatable bonds is 4. The largest absolute Gasteiger partial charge is 0.487 e. The Balaban J connectivity index is 1.73.